The molecule has 7 heteroatoms. The lowest BCUT2D eigenvalue weighted by Crippen LogP contribution is -2.17. The summed E-state index contributed by atoms with van der Waals surface area (Å²) in [6.07, 6.45) is 0. The van der Waals surface area contributed by atoms with Gasteiger partial charge in [-0.3, -0.25) is 4.72 Å². The summed E-state index contributed by atoms with van der Waals surface area (Å²) in [6.45, 7) is 1.46. The molecule has 14 heavy (non-hydrogen) atoms. The zero-order valence-corrected chi connectivity index (χ0v) is 8.31. The number of nitrogens with one attached hydrogen (secondary N) is 1. The van der Waals surface area contributed by atoms with Crippen LogP contribution in [0, 0.1) is 5.95 Å². The molecule has 0 radical (unpaired) electrons. The fourth-order valence-electron chi connectivity index (χ4n) is 0.747. The van der Waals surface area contributed by atoms with Crippen LogP contribution in [0.15, 0.2) is 12.1 Å². The lowest BCUT2D eigenvalue weighted by atomic mass is 10.4. The zero-order valence-electron chi connectivity index (χ0n) is 7.49. The van der Waals surface area contributed by atoms with Crippen LogP contribution in [0.25, 0.3) is 0 Å². The van der Waals surface area contributed by atoms with Crippen molar-refractivity contribution >= 4 is 21.5 Å². The van der Waals surface area contributed by atoms with E-state index in [9.17, 15) is 12.8 Å². The van der Waals surface area contributed by atoms with Crippen molar-refractivity contribution in [2.75, 3.05) is 16.2 Å². The van der Waals surface area contributed by atoms with E-state index in [-0.39, 0.29) is 17.3 Å². The zero-order chi connectivity index (χ0) is 10.8. The molecular weight excluding hydrogens is 209 g/mol. The maximum Gasteiger partial charge on any atom is 0.233 e. The Balaban J connectivity index is 3.03. The molecule has 5 nitrogen and oxygen atoms in total. The van der Waals surface area contributed by atoms with Crippen molar-refractivity contribution in [3.05, 3.63) is 18.1 Å². The largest absolute Gasteiger partial charge is 0.396 e. The first-order chi connectivity index (χ1) is 6.44. The Morgan fingerprint density at radius 2 is 2.21 bits per heavy atom. The molecule has 0 fully saturated rings. The van der Waals surface area contributed by atoms with Crippen LogP contribution in [0.4, 0.5) is 15.9 Å². The van der Waals surface area contributed by atoms with Gasteiger partial charge in [-0.15, -0.1) is 0 Å². The molecule has 1 aromatic rings. The third-order valence-corrected chi connectivity index (χ3v) is 2.79. The highest BCUT2D eigenvalue weighted by Crippen LogP contribution is 2.16. The van der Waals surface area contributed by atoms with Gasteiger partial charge in [-0.05, 0) is 19.1 Å². The predicted molar refractivity (Wildman–Crippen MR) is 51.7 cm³/mol. The van der Waals surface area contributed by atoms with Crippen molar-refractivity contribution in [2.45, 2.75) is 6.92 Å². The second-order valence-corrected chi connectivity index (χ2v) is 4.59. The summed E-state index contributed by atoms with van der Waals surface area (Å²) in [5, 5.41) is 0. The molecule has 78 valence electrons. The van der Waals surface area contributed by atoms with E-state index in [0.29, 0.717) is 0 Å². The lowest BCUT2D eigenvalue weighted by Gasteiger charge is -2.06. The molecule has 1 rings (SSSR count). The van der Waals surface area contributed by atoms with Crippen molar-refractivity contribution < 1.29 is 12.8 Å². The monoisotopic (exact) mass is 219 g/mol. The van der Waals surface area contributed by atoms with Crippen LogP contribution in [0.5, 0.6) is 0 Å². The average molecular weight is 219 g/mol. The van der Waals surface area contributed by atoms with Gasteiger partial charge in [0.1, 0.15) is 0 Å². The van der Waals surface area contributed by atoms with E-state index in [0.717, 1.165) is 6.07 Å². The minimum absolute atomic E-state index is 0.0865. The molecule has 0 saturated carbocycles. The number of anilines is 2. The van der Waals surface area contributed by atoms with E-state index >= 15 is 0 Å². The fraction of sp³-hybridized carbons (Fsp3) is 0.286. The molecular formula is C7H10FN3O2S. The number of sulfonamides is 1. The van der Waals surface area contributed by atoms with Gasteiger partial charge in [-0.1, -0.05) is 0 Å². The molecule has 3 N–H and O–H groups in total. The Hall–Kier alpha value is -1.37. The number of nitrogens with zero attached hydrogens (tertiary/aromatic N) is 1. The number of nitrogens with two attached hydrogens (primary N) is 1. The Labute approximate surface area is 81.2 Å². The van der Waals surface area contributed by atoms with E-state index in [4.69, 9.17) is 5.73 Å². The smallest absolute Gasteiger partial charge is 0.233 e. The molecule has 0 amide bonds. The van der Waals surface area contributed by atoms with Gasteiger partial charge < -0.3 is 5.73 Å². The predicted octanol–water partition coefficient (Wildman–Crippen LogP) is 0.565. The molecule has 0 aromatic carbocycles. The van der Waals surface area contributed by atoms with Gasteiger partial charge in [0.05, 0.1) is 11.4 Å². The molecule has 0 aliphatic carbocycles. The first kappa shape index (κ1) is 10.7. The van der Waals surface area contributed by atoms with Crippen LogP contribution in [0.3, 0.4) is 0 Å². The number of rotatable bonds is 3. The van der Waals surface area contributed by atoms with Gasteiger partial charge in [0.15, 0.2) is 5.82 Å². The van der Waals surface area contributed by atoms with Crippen LogP contribution in [0.1, 0.15) is 6.92 Å². The van der Waals surface area contributed by atoms with E-state index in [1.807, 2.05) is 0 Å². The lowest BCUT2D eigenvalue weighted by molar-refractivity contribution is 0.585. The third kappa shape index (κ3) is 2.56. The highest BCUT2D eigenvalue weighted by Gasteiger charge is 2.10. The van der Waals surface area contributed by atoms with Gasteiger partial charge in [0, 0.05) is 0 Å². The molecule has 0 saturated heterocycles. The Bertz CT molecular complexity index is 433. The highest BCUT2D eigenvalue weighted by molar-refractivity contribution is 7.92. The summed E-state index contributed by atoms with van der Waals surface area (Å²) >= 11 is 0. The third-order valence-electron chi connectivity index (χ3n) is 1.52. The quantitative estimate of drug-likeness (QED) is 0.727. The van der Waals surface area contributed by atoms with Crippen molar-refractivity contribution in [3.63, 3.8) is 0 Å². The van der Waals surface area contributed by atoms with Crippen molar-refractivity contribution in [1.82, 2.24) is 4.98 Å². The minimum atomic E-state index is -3.47. The fourth-order valence-corrected chi connectivity index (χ4v) is 1.35. The maximum atomic E-state index is 12.6. The first-order valence-corrected chi connectivity index (χ1v) is 5.52. The summed E-state index contributed by atoms with van der Waals surface area (Å²) < 4.78 is 36.9. The maximum absolute atomic E-state index is 12.6. The van der Waals surface area contributed by atoms with Crippen LogP contribution >= 0.6 is 0 Å². The number of aromatic nitrogens is 1. The van der Waals surface area contributed by atoms with Crippen LogP contribution < -0.4 is 10.5 Å². The standard InChI is InChI=1S/C7H10FN3O2S/c1-2-14(12,13)11-7-5(9)3-4-6(8)10-7/h3-4H,2,9H2,1H3,(H,10,11). The minimum Gasteiger partial charge on any atom is -0.396 e. The van der Waals surface area contributed by atoms with Crippen LogP contribution in [0.2, 0.25) is 0 Å². The Morgan fingerprint density at radius 3 is 2.79 bits per heavy atom. The van der Waals surface area contributed by atoms with Crippen LogP contribution in [-0.2, 0) is 10.0 Å². The Morgan fingerprint density at radius 1 is 1.57 bits per heavy atom. The molecule has 0 aliphatic rings. The topological polar surface area (TPSA) is 85.1 Å². The normalized spacial score (nSPS) is 11.3. The first-order valence-electron chi connectivity index (χ1n) is 3.87. The van der Waals surface area contributed by atoms with E-state index < -0.39 is 16.0 Å². The van der Waals surface area contributed by atoms with Crippen molar-refractivity contribution in [3.8, 4) is 0 Å². The van der Waals surface area contributed by atoms with Gasteiger partial charge in [-0.2, -0.15) is 9.37 Å². The van der Waals surface area contributed by atoms with Gasteiger partial charge in [0.2, 0.25) is 16.0 Å². The molecule has 0 atom stereocenters. The van der Waals surface area contributed by atoms with Crippen molar-refractivity contribution in [2.24, 2.45) is 0 Å². The number of nitrogen functional groups attached to an aromatic ring is 1. The summed E-state index contributed by atoms with van der Waals surface area (Å²) in [5.74, 6) is -1.08. The van der Waals surface area contributed by atoms with Crippen LogP contribution in [-0.4, -0.2) is 19.2 Å². The molecule has 0 aliphatic heterocycles. The van der Waals surface area contributed by atoms with Crippen molar-refractivity contribution in [1.29, 1.82) is 0 Å². The SMILES string of the molecule is CCS(=O)(=O)Nc1nc(F)ccc1N. The highest BCUT2D eigenvalue weighted by atomic mass is 32.2. The number of pyridine rings is 1. The second-order valence-electron chi connectivity index (χ2n) is 2.58. The van der Waals surface area contributed by atoms with E-state index in [2.05, 4.69) is 9.71 Å². The van der Waals surface area contributed by atoms with Gasteiger partial charge in [-0.25, -0.2) is 8.42 Å². The average Bonchev–Trinajstić information content (AvgIpc) is 2.11. The molecule has 1 aromatic heterocycles. The number of hydrogen-bond acceptors (Lipinski definition) is 4. The summed E-state index contributed by atoms with van der Waals surface area (Å²) in [4.78, 5) is 3.32. The van der Waals surface area contributed by atoms with E-state index in [1.54, 1.807) is 0 Å². The van der Waals surface area contributed by atoms with E-state index in [1.165, 1.54) is 13.0 Å². The van der Waals surface area contributed by atoms with Gasteiger partial charge >= 0.3 is 0 Å². The Kier molecular flexibility index (Phi) is 2.90. The second kappa shape index (κ2) is 3.79. The summed E-state index contributed by atoms with van der Waals surface area (Å²) in [6, 6.07) is 2.30. The molecule has 0 unspecified atom stereocenters. The van der Waals surface area contributed by atoms with Gasteiger partial charge in [0.25, 0.3) is 0 Å². The number of halogens is 1. The molecule has 0 bridgehead atoms. The summed E-state index contributed by atoms with van der Waals surface area (Å²) in [7, 11) is -3.47. The number of hydrogen-bond donors (Lipinski definition) is 2. The summed E-state index contributed by atoms with van der Waals surface area (Å²) in [5.41, 5.74) is 5.48. The molecule has 1 heterocycles. The molecule has 0 spiro atoms.